The summed E-state index contributed by atoms with van der Waals surface area (Å²) in [5.41, 5.74) is 2.26. The third-order valence-electron chi connectivity index (χ3n) is 5.75. The summed E-state index contributed by atoms with van der Waals surface area (Å²) < 4.78 is 8.16. The van der Waals surface area contributed by atoms with Gasteiger partial charge in [-0.2, -0.15) is 0 Å². The molecule has 0 N–H and O–H groups in total. The molecule has 0 spiro atoms. The monoisotopic (exact) mass is 667 g/mol. The van der Waals surface area contributed by atoms with Gasteiger partial charge in [0.1, 0.15) is 0 Å². The number of likely N-dealkylation sites (N-methyl/N-ethyl adjacent to an activating group) is 1. The lowest BCUT2D eigenvalue weighted by atomic mass is 10.1. The highest BCUT2D eigenvalue weighted by Gasteiger charge is 2.37. The Hall–Kier alpha value is -0.383. The Morgan fingerprint density at radius 1 is 1.19 bits per heavy atom. The maximum atomic E-state index is 13.6. The van der Waals surface area contributed by atoms with Crippen LogP contribution in [0, 0.1) is 3.57 Å². The number of hydrogen-bond acceptors (Lipinski definition) is 2. The van der Waals surface area contributed by atoms with E-state index in [9.17, 15) is 4.79 Å². The lowest BCUT2D eigenvalue weighted by molar-refractivity contribution is -0.115. The zero-order valence-electron chi connectivity index (χ0n) is 19.2. The number of halogens is 4. The van der Waals surface area contributed by atoms with E-state index in [1.165, 1.54) is 0 Å². The predicted octanol–water partition coefficient (Wildman–Crippen LogP) is 8.82. The summed E-state index contributed by atoms with van der Waals surface area (Å²) in [5.74, 6) is -0.117. The molecule has 2 aromatic rings. The second-order valence-electron chi connectivity index (χ2n) is 9.16. The van der Waals surface area contributed by atoms with E-state index in [0.29, 0.717) is 34.3 Å². The van der Waals surface area contributed by atoms with Crippen molar-refractivity contribution < 1.29 is 9.22 Å². The number of rotatable bonds is 7. The van der Waals surface area contributed by atoms with Gasteiger partial charge >= 0.3 is 0 Å². The second kappa shape index (κ2) is 11.4. The van der Waals surface area contributed by atoms with E-state index >= 15 is 0 Å². The molecule has 0 radical (unpaired) electrons. The number of nitrogens with zero attached hydrogens (tertiary/aromatic N) is 1. The highest BCUT2D eigenvalue weighted by atomic mass is 127. The van der Waals surface area contributed by atoms with E-state index < -0.39 is 8.32 Å². The van der Waals surface area contributed by atoms with Crippen molar-refractivity contribution in [2.45, 2.75) is 45.3 Å². The van der Waals surface area contributed by atoms with Crippen LogP contribution in [-0.2, 0) is 9.22 Å². The first-order valence-electron chi connectivity index (χ1n) is 10.3. The molecule has 0 aliphatic rings. The maximum Gasteiger partial charge on any atom is 0.254 e. The number of benzene rings is 2. The normalized spacial score (nSPS) is 12.8. The van der Waals surface area contributed by atoms with Crippen LogP contribution in [0.5, 0.6) is 0 Å². The third-order valence-corrected chi connectivity index (χ3v) is 12.1. The summed E-state index contributed by atoms with van der Waals surface area (Å²) in [7, 11) is -0.177. The second-order valence-corrected chi connectivity index (χ2v) is 16.9. The molecule has 0 aromatic heterocycles. The SMILES string of the molecule is CN(C(=O)/C(=C/c1ccc(Br)cc1)CCO[Si](C)(C)C(C)(C)C)c1c(Cl)cc(Cl)cc1I. The molecule has 8 heteroatoms. The smallest absolute Gasteiger partial charge is 0.254 e. The molecule has 0 aliphatic carbocycles. The summed E-state index contributed by atoms with van der Waals surface area (Å²) in [6.45, 7) is 11.6. The Morgan fingerprint density at radius 3 is 2.31 bits per heavy atom. The Labute approximate surface area is 224 Å². The Kier molecular flexibility index (Phi) is 9.89. The quantitative estimate of drug-likeness (QED) is 0.168. The topological polar surface area (TPSA) is 29.5 Å². The van der Waals surface area contributed by atoms with E-state index in [2.05, 4.69) is 72.4 Å². The molecule has 0 saturated heterocycles. The molecule has 0 heterocycles. The first kappa shape index (κ1) is 27.9. The van der Waals surface area contributed by atoms with Crippen LogP contribution in [0.25, 0.3) is 6.08 Å². The van der Waals surface area contributed by atoms with Crippen LogP contribution in [0.1, 0.15) is 32.8 Å². The van der Waals surface area contributed by atoms with Crippen LogP contribution >= 0.6 is 61.7 Å². The summed E-state index contributed by atoms with van der Waals surface area (Å²) in [6, 6.07) is 11.3. The summed E-state index contributed by atoms with van der Waals surface area (Å²) in [6.07, 6.45) is 2.44. The first-order chi connectivity index (χ1) is 14.7. The lowest BCUT2D eigenvalue weighted by Gasteiger charge is -2.36. The molecule has 0 fully saturated rings. The minimum Gasteiger partial charge on any atom is -0.416 e. The molecule has 0 atom stereocenters. The summed E-state index contributed by atoms with van der Waals surface area (Å²) in [4.78, 5) is 15.2. The van der Waals surface area contributed by atoms with Gasteiger partial charge in [0.15, 0.2) is 8.32 Å². The fraction of sp³-hybridized carbons (Fsp3) is 0.375. The molecule has 32 heavy (non-hydrogen) atoms. The van der Waals surface area contributed by atoms with E-state index in [1.54, 1.807) is 24.1 Å². The van der Waals surface area contributed by atoms with Gasteiger partial charge in [-0.1, -0.05) is 72.0 Å². The van der Waals surface area contributed by atoms with Gasteiger partial charge in [0, 0.05) is 32.3 Å². The number of anilines is 1. The minimum atomic E-state index is -1.92. The summed E-state index contributed by atoms with van der Waals surface area (Å²) in [5, 5.41) is 1.09. The molecule has 174 valence electrons. The first-order valence-corrected chi connectivity index (χ1v) is 15.8. The predicted molar refractivity (Wildman–Crippen MR) is 152 cm³/mol. The molecule has 0 aliphatic heterocycles. The number of amides is 1. The van der Waals surface area contributed by atoms with Gasteiger partial charge in [0.2, 0.25) is 0 Å². The molecule has 3 nitrogen and oxygen atoms in total. The van der Waals surface area contributed by atoms with E-state index in [4.69, 9.17) is 27.6 Å². The van der Waals surface area contributed by atoms with Gasteiger partial charge in [0.25, 0.3) is 5.91 Å². The zero-order valence-corrected chi connectivity index (χ0v) is 25.5. The number of carbonyl (C=O) groups is 1. The van der Waals surface area contributed by atoms with Gasteiger partial charge in [-0.15, -0.1) is 0 Å². The third kappa shape index (κ3) is 7.31. The molecule has 0 saturated carbocycles. The van der Waals surface area contributed by atoms with Crippen LogP contribution in [-0.4, -0.2) is 27.9 Å². The molecule has 2 rings (SSSR count). The van der Waals surface area contributed by atoms with Crippen molar-refractivity contribution in [3.05, 3.63) is 65.6 Å². The molecular weight excluding hydrogens is 640 g/mol. The van der Waals surface area contributed by atoms with Crippen molar-refractivity contribution in [3.8, 4) is 0 Å². The van der Waals surface area contributed by atoms with Crippen molar-refractivity contribution in [3.63, 3.8) is 0 Å². The van der Waals surface area contributed by atoms with Crippen LogP contribution in [0.15, 0.2) is 46.4 Å². The van der Waals surface area contributed by atoms with Gasteiger partial charge in [-0.3, -0.25) is 4.79 Å². The van der Waals surface area contributed by atoms with Crippen LogP contribution in [0.3, 0.4) is 0 Å². The summed E-state index contributed by atoms with van der Waals surface area (Å²) >= 11 is 18.2. The standard InChI is InChI=1S/C24H29BrCl2INO2Si/c1-24(2,3)32(5,6)31-12-11-17(13-16-7-9-18(25)10-8-16)23(30)29(4)22-20(27)14-19(26)15-21(22)28/h7-10,13-15H,11-12H2,1-6H3/b17-13+. The average molecular weight is 669 g/mol. The van der Waals surface area contributed by atoms with E-state index in [1.807, 2.05) is 30.3 Å². The fourth-order valence-electron chi connectivity index (χ4n) is 2.81. The van der Waals surface area contributed by atoms with Gasteiger partial charge in [-0.05, 0) is 83.0 Å². The van der Waals surface area contributed by atoms with E-state index in [-0.39, 0.29) is 10.9 Å². The van der Waals surface area contributed by atoms with Crippen LogP contribution in [0.4, 0.5) is 5.69 Å². The van der Waals surface area contributed by atoms with Crippen molar-refractivity contribution in [1.82, 2.24) is 0 Å². The lowest BCUT2D eigenvalue weighted by Crippen LogP contribution is -2.41. The Bertz CT molecular complexity index is 981. The molecule has 0 bridgehead atoms. The van der Waals surface area contributed by atoms with Gasteiger partial charge in [-0.25, -0.2) is 0 Å². The fourth-order valence-corrected chi connectivity index (χ4v) is 6.07. The molecule has 2 aromatic carbocycles. The molecule has 1 amide bonds. The van der Waals surface area contributed by atoms with Crippen LogP contribution in [0.2, 0.25) is 28.2 Å². The van der Waals surface area contributed by atoms with Gasteiger partial charge in [0.05, 0.1) is 10.7 Å². The molecular formula is C24H29BrCl2INO2Si. The highest BCUT2D eigenvalue weighted by Crippen LogP contribution is 2.37. The maximum absolute atomic E-state index is 13.6. The average Bonchev–Trinajstić information content (AvgIpc) is 2.66. The minimum absolute atomic E-state index is 0.107. The number of hydrogen-bond donors (Lipinski definition) is 0. The Morgan fingerprint density at radius 2 is 1.78 bits per heavy atom. The van der Waals surface area contributed by atoms with Crippen molar-refractivity contribution >= 4 is 87.7 Å². The van der Waals surface area contributed by atoms with Crippen molar-refractivity contribution in [2.24, 2.45) is 0 Å². The highest BCUT2D eigenvalue weighted by molar-refractivity contribution is 14.1. The zero-order chi connectivity index (χ0) is 24.3. The van der Waals surface area contributed by atoms with Crippen molar-refractivity contribution in [1.29, 1.82) is 0 Å². The largest absolute Gasteiger partial charge is 0.416 e. The molecule has 0 unspecified atom stereocenters. The van der Waals surface area contributed by atoms with Crippen molar-refractivity contribution in [2.75, 3.05) is 18.6 Å². The van der Waals surface area contributed by atoms with E-state index in [0.717, 1.165) is 13.6 Å². The van der Waals surface area contributed by atoms with Crippen LogP contribution < -0.4 is 4.90 Å². The number of carbonyl (C=O) groups excluding carboxylic acids is 1. The van der Waals surface area contributed by atoms with Gasteiger partial charge < -0.3 is 9.33 Å². The Balaban J connectivity index is 2.35.